The van der Waals surface area contributed by atoms with Gasteiger partial charge in [0.15, 0.2) is 12.6 Å². The zero-order chi connectivity index (χ0) is 46.1. The number of nitrogens with one attached hydrogen (secondary N) is 1. The molecule has 12 unspecified atom stereocenters. The lowest BCUT2D eigenvalue weighted by atomic mass is 9.97. The van der Waals surface area contributed by atoms with Crippen molar-refractivity contribution >= 4 is 5.91 Å². The molecule has 0 bridgehead atoms. The number of rotatable bonds is 36. The summed E-state index contributed by atoms with van der Waals surface area (Å²) in [4.78, 5) is 13.1. The average molecular weight is 898 g/mol. The Kier molecular flexibility index (Phi) is 32.7. The van der Waals surface area contributed by atoms with Gasteiger partial charge in [0.05, 0.1) is 32.0 Å². The Balaban J connectivity index is 1.90. The van der Waals surface area contributed by atoms with Crippen LogP contribution in [0.2, 0.25) is 0 Å². The summed E-state index contributed by atoms with van der Waals surface area (Å²) in [5.74, 6) is -0.266. The maximum absolute atomic E-state index is 13.1. The normalized spacial score (nSPS) is 27.9. The number of aliphatic hydroxyl groups excluding tert-OH is 8. The van der Waals surface area contributed by atoms with E-state index in [0.717, 1.165) is 64.2 Å². The smallest absolute Gasteiger partial charge is 0.220 e. The minimum Gasteiger partial charge on any atom is -0.394 e. The van der Waals surface area contributed by atoms with Gasteiger partial charge in [0.2, 0.25) is 5.91 Å². The molecular weight excluding hydrogens is 811 g/mol. The second-order valence-electron chi connectivity index (χ2n) is 17.2. The monoisotopic (exact) mass is 898 g/mol. The third kappa shape index (κ3) is 23.8. The Hall–Kier alpha value is -2.05. The van der Waals surface area contributed by atoms with Crippen molar-refractivity contribution in [3.8, 4) is 0 Å². The molecule has 2 saturated heterocycles. The Morgan fingerprint density at radius 2 is 1.02 bits per heavy atom. The van der Waals surface area contributed by atoms with E-state index in [2.05, 4.69) is 55.6 Å². The first-order valence-electron chi connectivity index (χ1n) is 24.4. The molecule has 2 heterocycles. The molecule has 0 aromatic rings. The summed E-state index contributed by atoms with van der Waals surface area (Å²) in [7, 11) is 0. The zero-order valence-electron chi connectivity index (χ0n) is 38.6. The van der Waals surface area contributed by atoms with Gasteiger partial charge in [-0.25, -0.2) is 0 Å². The van der Waals surface area contributed by atoms with Crippen LogP contribution >= 0.6 is 0 Å². The lowest BCUT2D eigenvalue weighted by molar-refractivity contribution is -0.359. The number of unbranched alkanes of at least 4 members (excludes halogenated alkanes) is 17. The number of hydrogen-bond acceptors (Lipinski definition) is 13. The van der Waals surface area contributed by atoms with Gasteiger partial charge in [-0.15, -0.1) is 0 Å². The Bertz CT molecular complexity index is 1250. The first kappa shape index (κ1) is 57.1. The largest absolute Gasteiger partial charge is 0.394 e. The van der Waals surface area contributed by atoms with Crippen molar-refractivity contribution in [2.45, 2.75) is 235 Å². The summed E-state index contributed by atoms with van der Waals surface area (Å²) < 4.78 is 22.6. The topological polar surface area (TPSA) is 228 Å². The summed E-state index contributed by atoms with van der Waals surface area (Å²) in [5.41, 5.74) is 0. The molecule has 9 N–H and O–H groups in total. The fourth-order valence-electron chi connectivity index (χ4n) is 7.67. The maximum Gasteiger partial charge on any atom is 0.220 e. The zero-order valence-corrected chi connectivity index (χ0v) is 38.6. The summed E-state index contributed by atoms with van der Waals surface area (Å²) in [5, 5.41) is 86.5. The van der Waals surface area contributed by atoms with E-state index in [1.165, 1.54) is 64.2 Å². The Labute approximate surface area is 378 Å². The van der Waals surface area contributed by atoms with Crippen LogP contribution in [-0.2, 0) is 23.7 Å². The van der Waals surface area contributed by atoms with Gasteiger partial charge in [-0.05, 0) is 70.6 Å². The van der Waals surface area contributed by atoms with Crippen molar-refractivity contribution in [3.05, 3.63) is 48.6 Å². The Morgan fingerprint density at radius 1 is 0.556 bits per heavy atom. The molecule has 0 saturated carbocycles. The van der Waals surface area contributed by atoms with Gasteiger partial charge < -0.3 is 65.1 Å². The number of aliphatic hydroxyl groups is 8. The van der Waals surface area contributed by atoms with Crippen LogP contribution in [0.3, 0.4) is 0 Å². The predicted octanol–water partition coefficient (Wildman–Crippen LogP) is 5.71. The quantitative estimate of drug-likeness (QED) is 0.0272. The highest BCUT2D eigenvalue weighted by Gasteiger charge is 2.51. The molecule has 2 fully saturated rings. The Morgan fingerprint density at radius 3 is 1.57 bits per heavy atom. The van der Waals surface area contributed by atoms with Crippen LogP contribution in [0.5, 0.6) is 0 Å². The minimum atomic E-state index is -1.79. The van der Waals surface area contributed by atoms with E-state index in [-0.39, 0.29) is 18.9 Å². The molecule has 1 amide bonds. The van der Waals surface area contributed by atoms with Crippen molar-refractivity contribution in [2.24, 2.45) is 0 Å². The van der Waals surface area contributed by atoms with Gasteiger partial charge in [0, 0.05) is 6.42 Å². The molecule has 14 heteroatoms. The van der Waals surface area contributed by atoms with Crippen LogP contribution in [-0.4, -0.2) is 140 Å². The van der Waals surface area contributed by atoms with Gasteiger partial charge in [-0.3, -0.25) is 4.79 Å². The number of hydrogen-bond donors (Lipinski definition) is 9. The predicted molar refractivity (Wildman–Crippen MR) is 244 cm³/mol. The highest BCUT2D eigenvalue weighted by molar-refractivity contribution is 5.76. The third-order valence-corrected chi connectivity index (χ3v) is 11.7. The van der Waals surface area contributed by atoms with Crippen LogP contribution in [0, 0.1) is 0 Å². The summed E-state index contributed by atoms with van der Waals surface area (Å²) in [6, 6.07) is -0.940. The van der Waals surface area contributed by atoms with Crippen molar-refractivity contribution in [1.82, 2.24) is 5.32 Å². The lowest BCUT2D eigenvalue weighted by Gasteiger charge is -2.46. The van der Waals surface area contributed by atoms with E-state index in [4.69, 9.17) is 18.9 Å². The van der Waals surface area contributed by atoms with E-state index < -0.39 is 86.8 Å². The molecule has 0 aromatic carbocycles. The van der Waals surface area contributed by atoms with E-state index >= 15 is 0 Å². The second kappa shape index (κ2) is 36.1. The van der Waals surface area contributed by atoms with Crippen LogP contribution in [0.4, 0.5) is 0 Å². The first-order valence-corrected chi connectivity index (χ1v) is 24.4. The van der Waals surface area contributed by atoms with Crippen LogP contribution < -0.4 is 5.32 Å². The van der Waals surface area contributed by atoms with E-state index in [1.54, 1.807) is 6.08 Å². The summed E-state index contributed by atoms with van der Waals surface area (Å²) >= 11 is 0. The number of allylic oxidation sites excluding steroid dienone is 7. The number of ether oxygens (including phenoxy) is 4. The fourth-order valence-corrected chi connectivity index (χ4v) is 7.67. The molecule has 0 aromatic heterocycles. The minimum absolute atomic E-state index is 0.259. The fraction of sp³-hybridized carbons (Fsp3) is 0.816. The summed E-state index contributed by atoms with van der Waals surface area (Å²) in [6.45, 7) is 2.70. The standard InChI is InChI=1S/C49H87NO13/c1-3-5-7-9-11-13-15-17-19-21-23-25-27-29-31-33-41(54)50-37(38(53)32-30-28-26-24-22-20-18-16-14-12-10-8-6-4-2)36-60-48-46(59)44(57)47(40(35-52)62-48)63-49-45(58)43(56)42(55)39(34-51)61-49/h14,16-17,19,22,24,30,32,37-40,42-49,51-53,55-59H,3-13,15,18,20-21,23,25-29,31,33-36H2,1-2H3,(H,50,54)/b16-14+,19-17-,24-22+,32-30+. The number of carbonyl (C=O) groups excluding carboxylic acids is 1. The van der Waals surface area contributed by atoms with Gasteiger partial charge in [0.25, 0.3) is 0 Å². The molecule has 63 heavy (non-hydrogen) atoms. The van der Waals surface area contributed by atoms with Gasteiger partial charge >= 0.3 is 0 Å². The highest BCUT2D eigenvalue weighted by Crippen LogP contribution is 2.30. The first-order chi connectivity index (χ1) is 30.6. The van der Waals surface area contributed by atoms with Crippen molar-refractivity contribution in [3.63, 3.8) is 0 Å². The molecule has 0 spiro atoms. The van der Waals surface area contributed by atoms with E-state index in [1.807, 2.05) is 6.08 Å². The maximum atomic E-state index is 13.1. The lowest BCUT2D eigenvalue weighted by Crippen LogP contribution is -2.65. The van der Waals surface area contributed by atoms with Crippen LogP contribution in [0.15, 0.2) is 48.6 Å². The van der Waals surface area contributed by atoms with Gasteiger partial charge in [-0.2, -0.15) is 0 Å². The molecule has 0 aliphatic carbocycles. The van der Waals surface area contributed by atoms with E-state index in [0.29, 0.717) is 12.8 Å². The number of carbonyl (C=O) groups is 1. The van der Waals surface area contributed by atoms with Crippen molar-refractivity contribution in [1.29, 1.82) is 0 Å². The van der Waals surface area contributed by atoms with Crippen LogP contribution in [0.25, 0.3) is 0 Å². The van der Waals surface area contributed by atoms with E-state index in [9.17, 15) is 45.6 Å². The molecular formula is C49H87NO13. The molecule has 2 rings (SSSR count). The molecule has 0 radical (unpaired) electrons. The van der Waals surface area contributed by atoms with Crippen molar-refractivity contribution < 1.29 is 64.6 Å². The summed E-state index contributed by atoms with van der Waals surface area (Å²) in [6.07, 6.45) is 24.4. The molecule has 12 atom stereocenters. The van der Waals surface area contributed by atoms with Gasteiger partial charge in [-0.1, -0.05) is 133 Å². The molecule has 2 aliphatic heterocycles. The second-order valence-corrected chi connectivity index (χ2v) is 17.2. The van der Waals surface area contributed by atoms with Crippen LogP contribution in [0.1, 0.15) is 162 Å². The molecule has 14 nitrogen and oxygen atoms in total. The van der Waals surface area contributed by atoms with Gasteiger partial charge in [0.1, 0.15) is 48.8 Å². The molecule has 2 aliphatic rings. The highest BCUT2D eigenvalue weighted by atomic mass is 16.7. The molecule has 366 valence electrons. The number of amides is 1. The van der Waals surface area contributed by atoms with Crippen molar-refractivity contribution in [2.75, 3.05) is 19.8 Å². The third-order valence-electron chi connectivity index (χ3n) is 11.7. The SMILES string of the molecule is CCCCCC/C=C/CC/C=C/CC/C=C/C(O)C(COC1OC(CO)C(OC2OC(CO)C(O)C(O)C2O)C(O)C1O)NC(=O)CCCCCCC/C=C\CCCCCCCC. The average Bonchev–Trinajstić information content (AvgIpc) is 3.28.